The number of thioether (sulfide) groups is 1. The van der Waals surface area contributed by atoms with E-state index in [2.05, 4.69) is 9.97 Å². The molecule has 0 aliphatic heterocycles. The van der Waals surface area contributed by atoms with Crippen LogP contribution < -0.4 is 0 Å². The van der Waals surface area contributed by atoms with E-state index >= 15 is 0 Å². The van der Waals surface area contributed by atoms with Crippen molar-refractivity contribution in [3.8, 4) is 0 Å². The molecule has 0 bridgehead atoms. The van der Waals surface area contributed by atoms with Crippen LogP contribution in [0.15, 0.2) is 12.4 Å². The van der Waals surface area contributed by atoms with Gasteiger partial charge in [0.15, 0.2) is 0 Å². The predicted molar refractivity (Wildman–Crippen MR) is 65.2 cm³/mol. The molecule has 0 aromatic carbocycles. The number of aromatic nitrogens is 2. The average Bonchev–Trinajstić information content (AvgIpc) is 2.30. The van der Waals surface area contributed by atoms with Gasteiger partial charge in [0, 0.05) is 11.0 Å². The van der Waals surface area contributed by atoms with E-state index in [0.29, 0.717) is 5.15 Å². The van der Waals surface area contributed by atoms with E-state index in [-0.39, 0.29) is 0 Å². The highest BCUT2D eigenvalue weighted by Gasteiger charge is 2.13. The lowest BCUT2D eigenvalue weighted by Gasteiger charge is -2.20. The Morgan fingerprint density at radius 1 is 1.20 bits per heavy atom. The lowest BCUT2D eigenvalue weighted by Crippen LogP contribution is -2.08. The molecule has 2 nitrogen and oxygen atoms in total. The summed E-state index contributed by atoms with van der Waals surface area (Å²) in [6, 6.07) is 0. The summed E-state index contributed by atoms with van der Waals surface area (Å²) in [6.07, 6.45) is 10.3. The second kappa shape index (κ2) is 5.71. The number of halogens is 1. The zero-order valence-corrected chi connectivity index (χ0v) is 10.2. The molecule has 0 radical (unpaired) electrons. The normalized spacial score (nSPS) is 17.9. The molecule has 0 saturated heterocycles. The van der Waals surface area contributed by atoms with Crippen LogP contribution in [0.1, 0.15) is 37.8 Å². The van der Waals surface area contributed by atoms with Gasteiger partial charge in [-0.15, -0.1) is 0 Å². The molecular formula is C11H15ClN2S. The van der Waals surface area contributed by atoms with E-state index in [1.807, 2.05) is 11.8 Å². The quantitative estimate of drug-likeness (QED) is 0.809. The molecule has 0 unspecified atom stereocenters. The van der Waals surface area contributed by atoms with Gasteiger partial charge in [-0.05, 0) is 12.8 Å². The third kappa shape index (κ3) is 3.65. The van der Waals surface area contributed by atoms with E-state index in [9.17, 15) is 0 Å². The molecule has 1 aliphatic carbocycles. The molecule has 1 aromatic rings. The van der Waals surface area contributed by atoms with E-state index in [0.717, 1.165) is 16.7 Å². The van der Waals surface area contributed by atoms with Gasteiger partial charge in [-0.3, -0.25) is 4.98 Å². The van der Waals surface area contributed by atoms with Gasteiger partial charge >= 0.3 is 0 Å². The van der Waals surface area contributed by atoms with Gasteiger partial charge in [-0.25, -0.2) is 4.98 Å². The maximum atomic E-state index is 5.68. The Kier molecular flexibility index (Phi) is 4.27. The summed E-state index contributed by atoms with van der Waals surface area (Å²) in [5.74, 6) is 0.967. The Morgan fingerprint density at radius 2 is 2.00 bits per heavy atom. The Hall–Kier alpha value is -0.280. The third-order valence-electron chi connectivity index (χ3n) is 2.69. The van der Waals surface area contributed by atoms with Crippen molar-refractivity contribution >= 4 is 23.4 Å². The molecule has 4 heteroatoms. The Labute approximate surface area is 99.8 Å². The van der Waals surface area contributed by atoms with Crippen molar-refractivity contribution in [3.05, 3.63) is 23.2 Å². The molecule has 0 amide bonds. The fourth-order valence-electron chi connectivity index (χ4n) is 1.85. The van der Waals surface area contributed by atoms with E-state index in [4.69, 9.17) is 11.6 Å². The van der Waals surface area contributed by atoms with Gasteiger partial charge < -0.3 is 0 Å². The molecule has 82 valence electrons. The van der Waals surface area contributed by atoms with Crippen molar-refractivity contribution in [1.29, 1.82) is 0 Å². The summed E-state index contributed by atoms with van der Waals surface area (Å²) in [4.78, 5) is 8.28. The molecule has 0 spiro atoms. The highest BCUT2D eigenvalue weighted by molar-refractivity contribution is 7.99. The summed E-state index contributed by atoms with van der Waals surface area (Å²) in [7, 11) is 0. The minimum absolute atomic E-state index is 0.474. The first-order chi connectivity index (χ1) is 7.34. The van der Waals surface area contributed by atoms with Crippen LogP contribution in [0.5, 0.6) is 0 Å². The molecule has 1 aromatic heterocycles. The van der Waals surface area contributed by atoms with E-state index in [1.54, 1.807) is 12.4 Å². The van der Waals surface area contributed by atoms with Crippen molar-refractivity contribution in [1.82, 2.24) is 9.97 Å². The Balaban J connectivity index is 1.79. The molecule has 15 heavy (non-hydrogen) atoms. The van der Waals surface area contributed by atoms with Crippen molar-refractivity contribution in [3.63, 3.8) is 0 Å². The summed E-state index contributed by atoms with van der Waals surface area (Å²) in [5.41, 5.74) is 1.04. The van der Waals surface area contributed by atoms with E-state index in [1.165, 1.54) is 32.1 Å². The van der Waals surface area contributed by atoms with Gasteiger partial charge in [-0.2, -0.15) is 11.8 Å². The van der Waals surface area contributed by atoms with Gasteiger partial charge in [0.05, 0.1) is 18.1 Å². The molecule has 1 fully saturated rings. The maximum absolute atomic E-state index is 5.68. The van der Waals surface area contributed by atoms with Crippen molar-refractivity contribution in [2.45, 2.75) is 43.1 Å². The summed E-state index contributed by atoms with van der Waals surface area (Å²) < 4.78 is 0. The Bertz CT molecular complexity index is 296. The van der Waals surface area contributed by atoms with E-state index < -0.39 is 0 Å². The van der Waals surface area contributed by atoms with Crippen LogP contribution in [0.25, 0.3) is 0 Å². The van der Waals surface area contributed by atoms with Crippen LogP contribution in [0.4, 0.5) is 0 Å². The third-order valence-corrected chi connectivity index (χ3v) is 4.29. The summed E-state index contributed by atoms with van der Waals surface area (Å²) in [6.45, 7) is 0. The van der Waals surface area contributed by atoms with Gasteiger partial charge in [0.1, 0.15) is 5.15 Å². The topological polar surface area (TPSA) is 25.8 Å². The lowest BCUT2D eigenvalue weighted by atomic mass is 10.0. The van der Waals surface area contributed by atoms with Crippen LogP contribution >= 0.6 is 23.4 Å². The highest BCUT2D eigenvalue weighted by Crippen LogP contribution is 2.29. The standard InChI is InChI=1S/C11H15ClN2S/c12-11-7-13-9(6-14-11)8-15-10-4-2-1-3-5-10/h6-7,10H,1-5,8H2. The van der Waals surface area contributed by atoms with Crippen LogP contribution in [0.2, 0.25) is 5.15 Å². The highest BCUT2D eigenvalue weighted by atomic mass is 35.5. The minimum Gasteiger partial charge on any atom is -0.256 e. The van der Waals surface area contributed by atoms with Gasteiger partial charge in [0.25, 0.3) is 0 Å². The molecule has 1 saturated carbocycles. The number of nitrogens with zero attached hydrogens (tertiary/aromatic N) is 2. The summed E-state index contributed by atoms with van der Waals surface area (Å²) in [5, 5.41) is 1.30. The fourth-order valence-corrected chi connectivity index (χ4v) is 3.17. The smallest absolute Gasteiger partial charge is 0.147 e. The minimum atomic E-state index is 0.474. The molecule has 1 heterocycles. The second-order valence-electron chi connectivity index (χ2n) is 3.90. The monoisotopic (exact) mass is 242 g/mol. The summed E-state index contributed by atoms with van der Waals surface area (Å²) >= 11 is 7.69. The molecule has 1 aliphatic rings. The van der Waals surface area contributed by atoms with Crippen LogP contribution in [-0.4, -0.2) is 15.2 Å². The first-order valence-corrected chi connectivity index (χ1v) is 6.85. The van der Waals surface area contributed by atoms with Crippen LogP contribution in [0.3, 0.4) is 0 Å². The Morgan fingerprint density at radius 3 is 2.67 bits per heavy atom. The lowest BCUT2D eigenvalue weighted by molar-refractivity contribution is 0.516. The number of hydrogen-bond acceptors (Lipinski definition) is 3. The molecular weight excluding hydrogens is 228 g/mol. The van der Waals surface area contributed by atoms with Crippen LogP contribution in [0, 0.1) is 0 Å². The van der Waals surface area contributed by atoms with Crippen LogP contribution in [-0.2, 0) is 5.75 Å². The van der Waals surface area contributed by atoms with Gasteiger partial charge in [-0.1, -0.05) is 30.9 Å². The largest absolute Gasteiger partial charge is 0.256 e. The average molecular weight is 243 g/mol. The first kappa shape index (κ1) is 11.2. The fraction of sp³-hybridized carbons (Fsp3) is 0.636. The molecule has 0 atom stereocenters. The van der Waals surface area contributed by atoms with Gasteiger partial charge in [0.2, 0.25) is 0 Å². The number of hydrogen-bond donors (Lipinski definition) is 0. The molecule has 0 N–H and O–H groups in total. The zero-order chi connectivity index (χ0) is 10.5. The second-order valence-corrected chi connectivity index (χ2v) is 5.58. The van der Waals surface area contributed by atoms with Crippen molar-refractivity contribution < 1.29 is 0 Å². The SMILES string of the molecule is Clc1cnc(CSC2CCCCC2)cn1. The molecule has 2 rings (SSSR count). The maximum Gasteiger partial charge on any atom is 0.147 e. The number of rotatable bonds is 3. The predicted octanol–water partition coefficient (Wildman–Crippen LogP) is 3.70. The van der Waals surface area contributed by atoms with Crippen molar-refractivity contribution in [2.75, 3.05) is 0 Å². The van der Waals surface area contributed by atoms with Crippen molar-refractivity contribution in [2.24, 2.45) is 0 Å². The zero-order valence-electron chi connectivity index (χ0n) is 8.66. The first-order valence-electron chi connectivity index (χ1n) is 5.42.